The molecule has 0 N–H and O–H groups in total. The van der Waals surface area contributed by atoms with Crippen molar-refractivity contribution in [3.8, 4) is 0 Å². The van der Waals surface area contributed by atoms with Crippen LogP contribution in [-0.4, -0.2) is 5.78 Å². The average Bonchev–Trinajstić information content (AvgIpc) is 2.47. The second-order valence-electron chi connectivity index (χ2n) is 4.48. The van der Waals surface area contributed by atoms with Gasteiger partial charge in [0.1, 0.15) is 5.82 Å². The highest BCUT2D eigenvalue weighted by atomic mass is 35.5. The van der Waals surface area contributed by atoms with Crippen LogP contribution in [0.1, 0.15) is 15.9 Å². The molecule has 0 spiro atoms. The Morgan fingerprint density at radius 1 is 0.900 bits per heavy atom. The van der Waals surface area contributed by atoms with Crippen LogP contribution in [0.15, 0.2) is 60.7 Å². The van der Waals surface area contributed by atoms with Gasteiger partial charge in [-0.3, -0.25) is 4.79 Å². The summed E-state index contributed by atoms with van der Waals surface area (Å²) < 4.78 is 13.8. The number of hydrogen-bond donors (Lipinski definition) is 0. The van der Waals surface area contributed by atoms with Crippen LogP contribution in [0.25, 0.3) is 10.8 Å². The number of rotatable bonds is 2. The van der Waals surface area contributed by atoms with Crippen LogP contribution in [0.4, 0.5) is 4.39 Å². The van der Waals surface area contributed by atoms with Crippen molar-refractivity contribution >= 4 is 28.2 Å². The molecule has 20 heavy (non-hydrogen) atoms. The fourth-order valence-electron chi connectivity index (χ4n) is 2.25. The van der Waals surface area contributed by atoms with Crippen LogP contribution in [-0.2, 0) is 0 Å². The molecule has 0 aliphatic heterocycles. The summed E-state index contributed by atoms with van der Waals surface area (Å²) in [4.78, 5) is 12.5. The molecule has 0 atom stereocenters. The summed E-state index contributed by atoms with van der Waals surface area (Å²) in [6.07, 6.45) is 0. The van der Waals surface area contributed by atoms with Gasteiger partial charge in [0.2, 0.25) is 0 Å². The van der Waals surface area contributed by atoms with Crippen molar-refractivity contribution in [3.63, 3.8) is 0 Å². The fraction of sp³-hybridized carbons (Fsp3) is 0. The molecule has 0 saturated heterocycles. The first-order valence-electron chi connectivity index (χ1n) is 6.14. The smallest absolute Gasteiger partial charge is 0.193 e. The van der Waals surface area contributed by atoms with Crippen molar-refractivity contribution in [2.24, 2.45) is 0 Å². The van der Waals surface area contributed by atoms with E-state index in [1.165, 1.54) is 12.1 Å². The Bertz CT molecular complexity index is 811. The molecule has 3 aromatic rings. The van der Waals surface area contributed by atoms with E-state index in [-0.39, 0.29) is 11.6 Å². The van der Waals surface area contributed by atoms with Crippen molar-refractivity contribution in [2.75, 3.05) is 0 Å². The predicted molar refractivity (Wildman–Crippen MR) is 78.8 cm³/mol. The van der Waals surface area contributed by atoms with Gasteiger partial charge < -0.3 is 0 Å². The zero-order valence-electron chi connectivity index (χ0n) is 10.4. The van der Waals surface area contributed by atoms with Crippen LogP contribution >= 0.6 is 11.6 Å². The summed E-state index contributed by atoms with van der Waals surface area (Å²) in [6, 6.07) is 16.5. The van der Waals surface area contributed by atoms with Crippen LogP contribution in [0.5, 0.6) is 0 Å². The lowest BCUT2D eigenvalue weighted by Crippen LogP contribution is -2.02. The Kier molecular flexibility index (Phi) is 3.25. The molecule has 0 heterocycles. The minimum absolute atomic E-state index is 0.163. The predicted octanol–water partition coefficient (Wildman–Crippen LogP) is 4.86. The van der Waals surface area contributed by atoms with Crippen molar-refractivity contribution < 1.29 is 9.18 Å². The molecule has 0 saturated carbocycles. The Morgan fingerprint density at radius 3 is 2.40 bits per heavy atom. The lowest BCUT2D eigenvalue weighted by Gasteiger charge is -2.07. The summed E-state index contributed by atoms with van der Waals surface area (Å²) >= 11 is 5.91. The van der Waals surface area contributed by atoms with Gasteiger partial charge in [-0.2, -0.15) is 0 Å². The highest BCUT2D eigenvalue weighted by Crippen LogP contribution is 2.24. The van der Waals surface area contributed by atoms with E-state index < -0.39 is 0 Å². The third kappa shape index (κ3) is 2.19. The molecule has 3 rings (SSSR count). The molecule has 0 bridgehead atoms. The van der Waals surface area contributed by atoms with E-state index in [1.807, 2.05) is 0 Å². The molecular formula is C17H10ClFO. The molecule has 98 valence electrons. The minimum atomic E-state index is -0.330. The van der Waals surface area contributed by atoms with Gasteiger partial charge in [0.05, 0.1) is 0 Å². The first-order chi connectivity index (χ1) is 9.66. The van der Waals surface area contributed by atoms with Gasteiger partial charge >= 0.3 is 0 Å². The third-order valence-electron chi connectivity index (χ3n) is 3.20. The first-order valence-corrected chi connectivity index (χ1v) is 6.52. The van der Waals surface area contributed by atoms with E-state index in [4.69, 9.17) is 11.6 Å². The van der Waals surface area contributed by atoms with Gasteiger partial charge in [0, 0.05) is 21.5 Å². The topological polar surface area (TPSA) is 17.1 Å². The van der Waals surface area contributed by atoms with Crippen molar-refractivity contribution in [3.05, 3.63) is 82.6 Å². The molecule has 0 aromatic heterocycles. The normalized spacial score (nSPS) is 10.7. The van der Waals surface area contributed by atoms with Crippen molar-refractivity contribution in [1.82, 2.24) is 0 Å². The number of ketones is 1. The summed E-state index contributed by atoms with van der Waals surface area (Å²) in [5.41, 5.74) is 0.971. The molecular weight excluding hydrogens is 275 g/mol. The highest BCUT2D eigenvalue weighted by Gasteiger charge is 2.14. The maximum absolute atomic E-state index is 13.8. The second-order valence-corrected chi connectivity index (χ2v) is 4.92. The van der Waals surface area contributed by atoms with E-state index in [9.17, 15) is 9.18 Å². The quantitative estimate of drug-likeness (QED) is 0.614. The third-order valence-corrected chi connectivity index (χ3v) is 3.44. The van der Waals surface area contributed by atoms with Crippen molar-refractivity contribution in [1.29, 1.82) is 0 Å². The molecule has 3 heteroatoms. The zero-order valence-corrected chi connectivity index (χ0v) is 11.2. The lowest BCUT2D eigenvalue weighted by molar-refractivity contribution is 0.104. The molecule has 0 fully saturated rings. The van der Waals surface area contributed by atoms with Crippen LogP contribution in [0, 0.1) is 5.82 Å². The summed E-state index contributed by atoms with van der Waals surface area (Å²) in [6.45, 7) is 0. The minimum Gasteiger partial charge on any atom is -0.289 e. The molecule has 0 unspecified atom stereocenters. The van der Waals surface area contributed by atoms with Gasteiger partial charge in [-0.05, 0) is 29.7 Å². The van der Waals surface area contributed by atoms with Gasteiger partial charge in [-0.1, -0.05) is 48.0 Å². The average molecular weight is 285 g/mol. The number of carbonyl (C=O) groups excluding carboxylic acids is 1. The first kappa shape index (κ1) is 12.8. The van der Waals surface area contributed by atoms with Crippen LogP contribution in [0.2, 0.25) is 5.02 Å². The van der Waals surface area contributed by atoms with Gasteiger partial charge in [0.15, 0.2) is 5.78 Å². The van der Waals surface area contributed by atoms with Crippen LogP contribution in [0.3, 0.4) is 0 Å². The summed E-state index contributed by atoms with van der Waals surface area (Å²) in [5.74, 6) is -0.494. The van der Waals surface area contributed by atoms with E-state index in [0.717, 1.165) is 0 Å². The second kappa shape index (κ2) is 5.06. The van der Waals surface area contributed by atoms with E-state index in [1.54, 1.807) is 48.5 Å². The standard InChI is InChI=1S/C17H10ClFO/c18-12-5-3-4-11(10-12)17(20)15-8-9-16(19)14-7-2-1-6-13(14)15/h1-10H. The maximum atomic E-state index is 13.8. The number of carbonyl (C=O) groups is 1. The Hall–Kier alpha value is -2.19. The number of benzene rings is 3. The molecule has 1 nitrogen and oxygen atoms in total. The Balaban J connectivity index is 2.20. The number of hydrogen-bond acceptors (Lipinski definition) is 1. The Morgan fingerprint density at radius 2 is 1.65 bits per heavy atom. The van der Waals surface area contributed by atoms with E-state index in [0.29, 0.717) is 26.9 Å². The highest BCUT2D eigenvalue weighted by molar-refractivity contribution is 6.31. The molecule has 0 aliphatic rings. The van der Waals surface area contributed by atoms with Gasteiger partial charge in [0.25, 0.3) is 0 Å². The largest absolute Gasteiger partial charge is 0.289 e. The zero-order chi connectivity index (χ0) is 14.1. The molecule has 0 radical (unpaired) electrons. The number of fused-ring (bicyclic) bond motifs is 1. The summed E-state index contributed by atoms with van der Waals surface area (Å²) in [5, 5.41) is 1.56. The number of halogens is 2. The van der Waals surface area contributed by atoms with E-state index >= 15 is 0 Å². The maximum Gasteiger partial charge on any atom is 0.193 e. The molecule has 0 aliphatic carbocycles. The fourth-order valence-corrected chi connectivity index (χ4v) is 2.44. The molecule has 0 amide bonds. The van der Waals surface area contributed by atoms with Gasteiger partial charge in [-0.25, -0.2) is 4.39 Å². The lowest BCUT2D eigenvalue weighted by atomic mass is 9.97. The van der Waals surface area contributed by atoms with Crippen LogP contribution < -0.4 is 0 Å². The van der Waals surface area contributed by atoms with E-state index in [2.05, 4.69) is 0 Å². The summed E-state index contributed by atoms with van der Waals surface area (Å²) in [7, 11) is 0. The Labute approximate surface area is 120 Å². The van der Waals surface area contributed by atoms with Gasteiger partial charge in [-0.15, -0.1) is 0 Å². The van der Waals surface area contributed by atoms with Crippen molar-refractivity contribution in [2.45, 2.75) is 0 Å². The SMILES string of the molecule is O=C(c1cccc(Cl)c1)c1ccc(F)c2ccccc12. The monoisotopic (exact) mass is 284 g/mol. The molecule has 3 aromatic carbocycles.